The molecule has 4 nitrogen and oxygen atoms in total. The van der Waals surface area contributed by atoms with Gasteiger partial charge in [-0.15, -0.1) is 0 Å². The first kappa shape index (κ1) is 12.9. The number of rotatable bonds is 4. The van der Waals surface area contributed by atoms with Gasteiger partial charge in [0.2, 0.25) is 0 Å². The lowest BCUT2D eigenvalue weighted by Gasteiger charge is -2.15. The van der Waals surface area contributed by atoms with Gasteiger partial charge in [-0.2, -0.15) is 0 Å². The lowest BCUT2D eigenvalue weighted by Crippen LogP contribution is -2.24. The predicted octanol–water partition coefficient (Wildman–Crippen LogP) is 3.00. The van der Waals surface area contributed by atoms with E-state index in [1.165, 1.54) is 12.1 Å². The number of aryl methyl sites for hydroxylation is 1. The summed E-state index contributed by atoms with van der Waals surface area (Å²) in [6.07, 6.45) is 3.64. The maximum atomic E-state index is 13.3. The molecule has 0 bridgehead atoms. The molecule has 0 spiro atoms. The fraction of sp³-hybridized carbons (Fsp3) is 0.267. The molecule has 0 radical (unpaired) electrons. The second-order valence-electron chi connectivity index (χ2n) is 4.72. The van der Waals surface area contributed by atoms with Crippen LogP contribution in [0.2, 0.25) is 0 Å². The maximum Gasteiger partial charge on any atom is 0.134 e. The molecule has 5 heteroatoms. The number of hydrogen-bond donors (Lipinski definition) is 1. The van der Waals surface area contributed by atoms with Gasteiger partial charge in [0.1, 0.15) is 29.0 Å². The first-order valence-corrected chi connectivity index (χ1v) is 6.58. The molecule has 0 amide bonds. The summed E-state index contributed by atoms with van der Waals surface area (Å²) in [6.45, 7) is 2.81. The molecule has 20 heavy (non-hydrogen) atoms. The number of imidazole rings is 1. The highest BCUT2D eigenvalue weighted by Crippen LogP contribution is 2.27. The summed E-state index contributed by atoms with van der Waals surface area (Å²) in [4.78, 5) is 4.37. The number of halogens is 1. The number of benzene rings is 1. The van der Waals surface area contributed by atoms with Gasteiger partial charge in [-0.05, 0) is 30.8 Å². The molecule has 1 unspecified atom stereocenters. The third-order valence-corrected chi connectivity index (χ3v) is 3.31. The molecule has 0 aliphatic carbocycles. The first-order chi connectivity index (χ1) is 9.69. The van der Waals surface area contributed by atoms with Gasteiger partial charge in [-0.25, -0.2) is 9.37 Å². The Morgan fingerprint density at radius 2 is 2.25 bits per heavy atom. The summed E-state index contributed by atoms with van der Waals surface area (Å²) in [5.74, 6) is 1.34. The number of nitrogens with one attached hydrogen (secondary N) is 1. The van der Waals surface area contributed by atoms with Crippen LogP contribution in [0.4, 0.5) is 4.39 Å². The molecule has 3 aromatic rings. The normalized spacial score (nSPS) is 12.9. The van der Waals surface area contributed by atoms with E-state index >= 15 is 0 Å². The highest BCUT2D eigenvalue weighted by molar-refractivity contribution is 5.78. The van der Waals surface area contributed by atoms with E-state index in [1.807, 2.05) is 30.8 Å². The van der Waals surface area contributed by atoms with Crippen molar-refractivity contribution in [2.75, 3.05) is 6.54 Å². The lowest BCUT2D eigenvalue weighted by molar-refractivity contribution is 0.457. The zero-order valence-corrected chi connectivity index (χ0v) is 11.4. The van der Waals surface area contributed by atoms with Crippen LogP contribution < -0.4 is 5.32 Å². The summed E-state index contributed by atoms with van der Waals surface area (Å²) >= 11 is 0. The van der Waals surface area contributed by atoms with Crippen molar-refractivity contribution in [3.05, 3.63) is 54.1 Å². The van der Waals surface area contributed by atoms with Crippen LogP contribution in [0.3, 0.4) is 0 Å². The molecule has 0 aliphatic heterocycles. The van der Waals surface area contributed by atoms with Gasteiger partial charge in [0.05, 0.1) is 0 Å². The lowest BCUT2D eigenvalue weighted by atomic mass is 10.2. The second-order valence-corrected chi connectivity index (χ2v) is 4.72. The van der Waals surface area contributed by atoms with Crippen LogP contribution >= 0.6 is 0 Å². The minimum absolute atomic E-state index is 0.143. The summed E-state index contributed by atoms with van der Waals surface area (Å²) in [6, 6.07) is 6.24. The topological polar surface area (TPSA) is 43.0 Å². The van der Waals surface area contributed by atoms with Crippen molar-refractivity contribution in [2.45, 2.75) is 13.0 Å². The smallest absolute Gasteiger partial charge is 0.134 e. The molecule has 0 aliphatic rings. The van der Waals surface area contributed by atoms with E-state index in [-0.39, 0.29) is 11.9 Å². The van der Waals surface area contributed by atoms with Crippen LogP contribution in [0.15, 0.2) is 41.1 Å². The van der Waals surface area contributed by atoms with E-state index in [4.69, 9.17) is 4.42 Å². The maximum absolute atomic E-state index is 13.3. The molecular weight excluding hydrogens is 257 g/mol. The monoisotopic (exact) mass is 273 g/mol. The van der Waals surface area contributed by atoms with Crippen molar-refractivity contribution >= 4 is 11.0 Å². The highest BCUT2D eigenvalue weighted by Gasteiger charge is 2.21. The minimum Gasteiger partial charge on any atom is -0.459 e. The van der Waals surface area contributed by atoms with Crippen LogP contribution in [0.25, 0.3) is 11.0 Å². The molecule has 1 atom stereocenters. The average Bonchev–Trinajstić information content (AvgIpc) is 3.01. The Hall–Kier alpha value is -2.14. The number of fused-ring (bicyclic) bond motifs is 1. The van der Waals surface area contributed by atoms with E-state index < -0.39 is 0 Å². The Kier molecular flexibility index (Phi) is 3.28. The van der Waals surface area contributed by atoms with Crippen LogP contribution in [0, 0.1) is 5.82 Å². The van der Waals surface area contributed by atoms with Crippen molar-refractivity contribution in [3.8, 4) is 0 Å². The van der Waals surface area contributed by atoms with Gasteiger partial charge in [-0.1, -0.05) is 6.92 Å². The van der Waals surface area contributed by atoms with Crippen LogP contribution in [0.1, 0.15) is 24.6 Å². The third kappa shape index (κ3) is 2.20. The van der Waals surface area contributed by atoms with Gasteiger partial charge in [0.15, 0.2) is 0 Å². The quantitative estimate of drug-likeness (QED) is 0.794. The molecular formula is C15H16FN3O. The predicted molar refractivity (Wildman–Crippen MR) is 74.9 cm³/mol. The first-order valence-electron chi connectivity index (χ1n) is 6.58. The number of aromatic nitrogens is 2. The number of hydrogen-bond acceptors (Lipinski definition) is 3. The van der Waals surface area contributed by atoms with E-state index in [2.05, 4.69) is 10.3 Å². The molecule has 2 aromatic heterocycles. The Labute approximate surface area is 116 Å². The Morgan fingerprint density at radius 3 is 2.95 bits per heavy atom. The van der Waals surface area contributed by atoms with Crippen molar-refractivity contribution in [1.29, 1.82) is 0 Å². The minimum atomic E-state index is -0.262. The van der Waals surface area contributed by atoms with E-state index in [1.54, 1.807) is 12.3 Å². The Balaban J connectivity index is 2.07. The molecule has 104 valence electrons. The fourth-order valence-corrected chi connectivity index (χ4v) is 2.36. The summed E-state index contributed by atoms with van der Waals surface area (Å²) < 4.78 is 21.0. The van der Waals surface area contributed by atoms with Crippen LogP contribution in [0.5, 0.6) is 0 Å². The molecule has 3 rings (SSSR count). The summed E-state index contributed by atoms with van der Waals surface area (Å²) in [5, 5.41) is 4.11. The Bertz CT molecular complexity index is 732. The van der Waals surface area contributed by atoms with Gasteiger partial charge in [0, 0.05) is 24.8 Å². The largest absolute Gasteiger partial charge is 0.459 e. The van der Waals surface area contributed by atoms with Crippen LogP contribution in [-0.4, -0.2) is 16.1 Å². The summed E-state index contributed by atoms with van der Waals surface area (Å²) in [7, 11) is 1.94. The second kappa shape index (κ2) is 5.09. The van der Waals surface area contributed by atoms with Crippen LogP contribution in [-0.2, 0) is 7.05 Å². The number of nitrogens with zero attached hydrogens (tertiary/aromatic N) is 2. The molecule has 0 fully saturated rings. The zero-order chi connectivity index (χ0) is 14.1. The average molecular weight is 273 g/mol. The van der Waals surface area contributed by atoms with Gasteiger partial charge >= 0.3 is 0 Å². The summed E-state index contributed by atoms with van der Waals surface area (Å²) in [5.41, 5.74) is 0.679. The van der Waals surface area contributed by atoms with Gasteiger partial charge in [0.25, 0.3) is 0 Å². The van der Waals surface area contributed by atoms with Crippen molar-refractivity contribution in [3.63, 3.8) is 0 Å². The highest BCUT2D eigenvalue weighted by atomic mass is 19.1. The van der Waals surface area contributed by atoms with Gasteiger partial charge < -0.3 is 14.3 Å². The van der Waals surface area contributed by atoms with E-state index in [0.717, 1.165) is 23.5 Å². The van der Waals surface area contributed by atoms with E-state index in [9.17, 15) is 4.39 Å². The zero-order valence-electron chi connectivity index (χ0n) is 11.4. The van der Waals surface area contributed by atoms with E-state index in [0.29, 0.717) is 5.58 Å². The van der Waals surface area contributed by atoms with Crippen molar-refractivity contribution in [2.24, 2.45) is 7.05 Å². The van der Waals surface area contributed by atoms with Crippen molar-refractivity contribution in [1.82, 2.24) is 14.9 Å². The van der Waals surface area contributed by atoms with Crippen molar-refractivity contribution < 1.29 is 8.81 Å². The number of furan rings is 1. The molecule has 0 saturated heterocycles. The fourth-order valence-electron chi connectivity index (χ4n) is 2.36. The molecule has 1 aromatic carbocycles. The standard InChI is InChI=1S/C15H16FN3O/c1-3-17-14(15-18-6-7-19(15)2)13-9-10-8-11(16)4-5-12(10)20-13/h4-9,14,17H,3H2,1-2H3. The molecule has 2 heterocycles. The molecule has 1 N–H and O–H groups in total. The third-order valence-electron chi connectivity index (χ3n) is 3.31. The molecule has 0 saturated carbocycles. The van der Waals surface area contributed by atoms with Gasteiger partial charge in [-0.3, -0.25) is 0 Å². The SMILES string of the molecule is CCNC(c1cc2cc(F)ccc2o1)c1nccn1C. The Morgan fingerprint density at radius 1 is 1.40 bits per heavy atom.